The van der Waals surface area contributed by atoms with Crippen LogP contribution >= 0.6 is 0 Å². The van der Waals surface area contributed by atoms with Gasteiger partial charge in [0.25, 0.3) is 0 Å². The van der Waals surface area contributed by atoms with Gasteiger partial charge in [-0.2, -0.15) is 0 Å². The maximum absolute atomic E-state index is 12.0. The average Bonchev–Trinajstić information content (AvgIpc) is 2.70. The number of hydrogen-bond donors (Lipinski definition) is 3. The predicted octanol–water partition coefficient (Wildman–Crippen LogP) is 1.39. The van der Waals surface area contributed by atoms with Crippen LogP contribution in [0.15, 0.2) is 48.5 Å². The van der Waals surface area contributed by atoms with E-state index in [1.54, 1.807) is 32.4 Å². The third-order valence-electron chi connectivity index (χ3n) is 3.91. The molecule has 0 bridgehead atoms. The minimum atomic E-state index is -1.42. The largest absolute Gasteiger partial charge is 0.497 e. The van der Waals surface area contributed by atoms with Crippen molar-refractivity contribution in [1.82, 2.24) is 10.6 Å². The summed E-state index contributed by atoms with van der Waals surface area (Å²) in [4.78, 5) is 23.9. The van der Waals surface area contributed by atoms with Crippen molar-refractivity contribution in [3.05, 3.63) is 59.7 Å². The molecule has 3 N–H and O–H groups in total. The minimum Gasteiger partial charge on any atom is -0.497 e. The van der Waals surface area contributed by atoms with Gasteiger partial charge in [0, 0.05) is 13.1 Å². The highest BCUT2D eigenvalue weighted by atomic mass is 16.5. The minimum absolute atomic E-state index is 0.235. The maximum Gasteiger partial charge on any atom is 0.249 e. The Morgan fingerprint density at radius 3 is 1.96 bits per heavy atom. The third kappa shape index (κ3) is 6.63. The Kier molecular flexibility index (Phi) is 7.63. The molecule has 0 radical (unpaired) electrons. The first-order valence-corrected chi connectivity index (χ1v) is 8.50. The van der Waals surface area contributed by atoms with E-state index in [1.165, 1.54) is 0 Å². The molecule has 2 aromatic carbocycles. The number of amides is 2. The average molecular weight is 372 g/mol. The standard InChI is InChI=1S/C20H24N2O5/c1-26-16-7-3-5-14(9-16)12-21-19(24)11-18(23)20(25)22-13-15-6-4-8-17(10-15)27-2/h3-10,18,23H,11-13H2,1-2H3,(H,21,24)(H,22,25)/t18-/m0/s1. The van der Waals surface area contributed by atoms with Gasteiger partial charge in [-0.3, -0.25) is 9.59 Å². The smallest absolute Gasteiger partial charge is 0.249 e. The van der Waals surface area contributed by atoms with Gasteiger partial charge in [-0.05, 0) is 35.4 Å². The normalized spacial score (nSPS) is 11.4. The summed E-state index contributed by atoms with van der Waals surface area (Å²) in [5, 5.41) is 15.2. The topological polar surface area (TPSA) is 96.9 Å². The number of benzene rings is 2. The van der Waals surface area contributed by atoms with Gasteiger partial charge in [-0.25, -0.2) is 0 Å². The summed E-state index contributed by atoms with van der Waals surface area (Å²) in [6.45, 7) is 0.521. The highest BCUT2D eigenvalue weighted by Crippen LogP contribution is 2.13. The van der Waals surface area contributed by atoms with E-state index in [4.69, 9.17) is 9.47 Å². The number of carbonyl (C=O) groups is 2. The molecule has 0 heterocycles. The quantitative estimate of drug-likeness (QED) is 0.618. The second kappa shape index (κ2) is 10.2. The molecule has 1 atom stereocenters. The molecule has 0 fully saturated rings. The fourth-order valence-electron chi connectivity index (χ4n) is 2.41. The molecule has 0 saturated carbocycles. The van der Waals surface area contributed by atoms with Gasteiger partial charge >= 0.3 is 0 Å². The summed E-state index contributed by atoms with van der Waals surface area (Å²) >= 11 is 0. The van der Waals surface area contributed by atoms with Gasteiger partial charge in [-0.1, -0.05) is 24.3 Å². The third-order valence-corrected chi connectivity index (χ3v) is 3.91. The Bertz CT molecular complexity index is 778. The first kappa shape index (κ1) is 20.3. The lowest BCUT2D eigenvalue weighted by Gasteiger charge is -2.12. The molecular formula is C20H24N2O5. The fourth-order valence-corrected chi connectivity index (χ4v) is 2.41. The number of ether oxygens (including phenoxy) is 2. The molecule has 0 saturated heterocycles. The van der Waals surface area contributed by atoms with E-state index in [1.807, 2.05) is 30.3 Å². The van der Waals surface area contributed by atoms with E-state index >= 15 is 0 Å². The van der Waals surface area contributed by atoms with Crippen LogP contribution in [-0.4, -0.2) is 37.2 Å². The molecule has 0 aliphatic carbocycles. The lowest BCUT2D eigenvalue weighted by molar-refractivity contribution is -0.134. The number of aliphatic hydroxyl groups excluding tert-OH is 1. The van der Waals surface area contributed by atoms with Crippen molar-refractivity contribution in [3.63, 3.8) is 0 Å². The van der Waals surface area contributed by atoms with E-state index in [0.29, 0.717) is 11.5 Å². The van der Waals surface area contributed by atoms with Crippen LogP contribution in [-0.2, 0) is 22.7 Å². The highest BCUT2D eigenvalue weighted by molar-refractivity contribution is 5.87. The molecule has 0 unspecified atom stereocenters. The molecule has 0 aliphatic rings. The molecule has 27 heavy (non-hydrogen) atoms. The number of nitrogens with one attached hydrogen (secondary N) is 2. The van der Waals surface area contributed by atoms with E-state index in [0.717, 1.165) is 11.1 Å². The van der Waals surface area contributed by atoms with Gasteiger partial charge in [0.15, 0.2) is 0 Å². The highest BCUT2D eigenvalue weighted by Gasteiger charge is 2.18. The number of carbonyl (C=O) groups excluding carboxylic acids is 2. The summed E-state index contributed by atoms with van der Waals surface area (Å²) in [6, 6.07) is 14.5. The van der Waals surface area contributed by atoms with Crippen LogP contribution in [0.4, 0.5) is 0 Å². The second-order valence-electron chi connectivity index (χ2n) is 5.92. The number of methoxy groups -OCH3 is 2. The van der Waals surface area contributed by atoms with Gasteiger partial charge < -0.3 is 25.2 Å². The van der Waals surface area contributed by atoms with Crippen molar-refractivity contribution < 1.29 is 24.2 Å². The Balaban J connectivity index is 1.76. The van der Waals surface area contributed by atoms with Gasteiger partial charge in [0.1, 0.15) is 17.6 Å². The Hall–Kier alpha value is -3.06. The molecule has 0 aliphatic heterocycles. The van der Waals surface area contributed by atoms with E-state index in [9.17, 15) is 14.7 Å². The van der Waals surface area contributed by atoms with Crippen molar-refractivity contribution >= 4 is 11.8 Å². The van der Waals surface area contributed by atoms with Gasteiger partial charge in [0.2, 0.25) is 11.8 Å². The van der Waals surface area contributed by atoms with Gasteiger partial charge in [0.05, 0.1) is 20.6 Å². The molecule has 2 amide bonds. The Labute approximate surface area is 158 Å². The summed E-state index contributed by atoms with van der Waals surface area (Å²) in [5.41, 5.74) is 1.69. The van der Waals surface area contributed by atoms with Crippen LogP contribution in [0.3, 0.4) is 0 Å². The molecule has 7 heteroatoms. The zero-order chi connectivity index (χ0) is 19.6. The lowest BCUT2D eigenvalue weighted by Crippen LogP contribution is -2.38. The van der Waals surface area contributed by atoms with E-state index < -0.39 is 17.9 Å². The summed E-state index contributed by atoms with van der Waals surface area (Å²) in [6.07, 6.45) is -1.73. The van der Waals surface area contributed by atoms with E-state index in [-0.39, 0.29) is 19.5 Å². The zero-order valence-corrected chi connectivity index (χ0v) is 15.4. The van der Waals surface area contributed by atoms with Crippen LogP contribution in [0.2, 0.25) is 0 Å². The maximum atomic E-state index is 12.0. The molecule has 144 valence electrons. The molecule has 2 rings (SSSR count). The summed E-state index contributed by atoms with van der Waals surface area (Å²) < 4.78 is 10.2. The van der Waals surface area contributed by atoms with Crippen LogP contribution in [0.5, 0.6) is 11.5 Å². The van der Waals surface area contributed by atoms with Crippen molar-refractivity contribution in [2.45, 2.75) is 25.6 Å². The van der Waals surface area contributed by atoms with Gasteiger partial charge in [-0.15, -0.1) is 0 Å². The molecule has 0 aromatic heterocycles. The van der Waals surface area contributed by atoms with Crippen molar-refractivity contribution in [1.29, 1.82) is 0 Å². The fraction of sp³-hybridized carbons (Fsp3) is 0.300. The van der Waals surface area contributed by atoms with Crippen LogP contribution in [0.25, 0.3) is 0 Å². The van der Waals surface area contributed by atoms with Crippen LogP contribution < -0.4 is 20.1 Å². The molecule has 7 nitrogen and oxygen atoms in total. The number of hydrogen-bond acceptors (Lipinski definition) is 5. The van der Waals surface area contributed by atoms with Crippen LogP contribution in [0, 0.1) is 0 Å². The molecule has 0 spiro atoms. The zero-order valence-electron chi connectivity index (χ0n) is 15.4. The Morgan fingerprint density at radius 2 is 1.44 bits per heavy atom. The van der Waals surface area contributed by atoms with Crippen molar-refractivity contribution in [3.8, 4) is 11.5 Å². The molecular weight excluding hydrogens is 348 g/mol. The molecule has 2 aromatic rings. The first-order valence-electron chi connectivity index (χ1n) is 8.50. The number of aliphatic hydroxyl groups is 1. The van der Waals surface area contributed by atoms with Crippen LogP contribution in [0.1, 0.15) is 17.5 Å². The van der Waals surface area contributed by atoms with Crippen molar-refractivity contribution in [2.75, 3.05) is 14.2 Å². The monoisotopic (exact) mass is 372 g/mol. The Morgan fingerprint density at radius 1 is 0.926 bits per heavy atom. The SMILES string of the molecule is COc1cccc(CNC(=O)C[C@H](O)C(=O)NCc2cccc(OC)c2)c1. The summed E-state index contributed by atoms with van der Waals surface area (Å²) in [7, 11) is 3.13. The van der Waals surface area contributed by atoms with E-state index in [2.05, 4.69) is 10.6 Å². The predicted molar refractivity (Wildman–Crippen MR) is 100 cm³/mol. The lowest BCUT2D eigenvalue weighted by atomic mass is 10.2. The van der Waals surface area contributed by atoms with Crippen molar-refractivity contribution in [2.24, 2.45) is 0 Å². The summed E-state index contributed by atoms with van der Waals surface area (Å²) in [5.74, 6) is 0.356. The first-order chi connectivity index (χ1) is 13.0. The number of rotatable bonds is 9. The second-order valence-corrected chi connectivity index (χ2v) is 5.92.